The number of nitrogens with zero attached hydrogens (tertiary/aromatic N) is 2. The molecule has 0 atom stereocenters. The number of furan rings is 2. The lowest BCUT2D eigenvalue weighted by molar-refractivity contribution is 0.669. The third-order valence-corrected chi connectivity index (χ3v) is 8.82. The van der Waals surface area contributed by atoms with Gasteiger partial charge in [-0.3, -0.25) is 4.40 Å². The number of hydrogen-bond donors (Lipinski definition) is 0. The molecule has 0 aliphatic heterocycles. The van der Waals surface area contributed by atoms with Crippen molar-refractivity contribution < 1.29 is 8.83 Å². The van der Waals surface area contributed by atoms with Gasteiger partial charge < -0.3 is 8.83 Å². The number of pyridine rings is 1. The summed E-state index contributed by atoms with van der Waals surface area (Å²) in [6.45, 7) is 0. The molecule has 0 bridgehead atoms. The maximum atomic E-state index is 6.48. The zero-order valence-corrected chi connectivity index (χ0v) is 22.9. The number of para-hydroxylation sites is 4. The highest BCUT2D eigenvalue weighted by Crippen LogP contribution is 2.41. The second-order valence-corrected chi connectivity index (χ2v) is 11.2. The minimum absolute atomic E-state index is 0.896. The van der Waals surface area contributed by atoms with E-state index in [2.05, 4.69) is 114 Å². The fraction of sp³-hybridized carbons (Fsp3) is 0. The number of hydrogen-bond acceptors (Lipinski definition) is 3. The second-order valence-electron chi connectivity index (χ2n) is 11.2. The predicted octanol–water partition coefficient (Wildman–Crippen LogP) is 10.8. The Balaban J connectivity index is 1.27. The summed E-state index contributed by atoms with van der Waals surface area (Å²) in [6.07, 6.45) is 2.22. The Labute approximate surface area is 245 Å². The average molecular weight is 551 g/mol. The lowest BCUT2D eigenvalue weighted by Gasteiger charge is -2.10. The Kier molecular flexibility index (Phi) is 4.42. The lowest BCUT2D eigenvalue weighted by Crippen LogP contribution is -1.91. The minimum Gasteiger partial charge on any atom is -0.455 e. The van der Waals surface area contributed by atoms with E-state index in [-0.39, 0.29) is 0 Å². The number of imidazole rings is 1. The molecule has 10 rings (SSSR count). The number of rotatable bonds is 2. The second kappa shape index (κ2) is 8.34. The Bertz CT molecular complexity index is 2740. The Morgan fingerprint density at radius 3 is 1.77 bits per heavy atom. The number of fused-ring (bicyclic) bond motifs is 11. The van der Waals surface area contributed by atoms with Gasteiger partial charge >= 0.3 is 0 Å². The molecule has 0 saturated carbocycles. The summed E-state index contributed by atoms with van der Waals surface area (Å²) in [7, 11) is 0. The Hall–Kier alpha value is -5.87. The summed E-state index contributed by atoms with van der Waals surface area (Å²) < 4.78 is 15.1. The van der Waals surface area contributed by atoms with Gasteiger partial charge in [0.25, 0.3) is 0 Å². The minimum atomic E-state index is 0.896. The monoisotopic (exact) mass is 550 g/mol. The Morgan fingerprint density at radius 2 is 1.05 bits per heavy atom. The molecule has 6 aromatic carbocycles. The normalized spacial score (nSPS) is 12.2. The summed E-state index contributed by atoms with van der Waals surface area (Å²) in [5.41, 5.74) is 10.9. The molecule has 0 unspecified atom stereocenters. The molecule has 0 spiro atoms. The van der Waals surface area contributed by atoms with Gasteiger partial charge in [-0.2, -0.15) is 0 Å². The Morgan fingerprint density at radius 1 is 0.465 bits per heavy atom. The van der Waals surface area contributed by atoms with Crippen LogP contribution in [-0.4, -0.2) is 9.38 Å². The number of aromatic nitrogens is 2. The van der Waals surface area contributed by atoms with Crippen LogP contribution in [0.2, 0.25) is 0 Å². The van der Waals surface area contributed by atoms with Crippen LogP contribution >= 0.6 is 0 Å². The average Bonchev–Trinajstić information content (AvgIpc) is 3.75. The fourth-order valence-electron chi connectivity index (χ4n) is 6.84. The van der Waals surface area contributed by atoms with Gasteiger partial charge in [-0.05, 0) is 35.2 Å². The molecule has 0 N–H and O–H groups in total. The van der Waals surface area contributed by atoms with E-state index in [1.54, 1.807) is 0 Å². The van der Waals surface area contributed by atoms with Gasteiger partial charge in [0.15, 0.2) is 0 Å². The van der Waals surface area contributed by atoms with Crippen molar-refractivity contribution in [1.29, 1.82) is 0 Å². The zero-order chi connectivity index (χ0) is 28.1. The van der Waals surface area contributed by atoms with Gasteiger partial charge in [-0.1, -0.05) is 103 Å². The van der Waals surface area contributed by atoms with Crippen LogP contribution in [0.3, 0.4) is 0 Å². The van der Waals surface area contributed by atoms with E-state index in [1.807, 2.05) is 24.3 Å². The van der Waals surface area contributed by atoms with E-state index in [0.717, 1.165) is 93.6 Å². The van der Waals surface area contributed by atoms with Gasteiger partial charge in [-0.25, -0.2) is 4.98 Å². The molecule has 200 valence electrons. The summed E-state index contributed by atoms with van der Waals surface area (Å²) in [4.78, 5) is 5.12. The van der Waals surface area contributed by atoms with Gasteiger partial charge in [-0.15, -0.1) is 0 Å². The molecular weight excluding hydrogens is 528 g/mol. The van der Waals surface area contributed by atoms with Crippen molar-refractivity contribution in [2.45, 2.75) is 0 Å². The molecule has 4 heterocycles. The van der Waals surface area contributed by atoms with E-state index < -0.39 is 0 Å². The van der Waals surface area contributed by atoms with Crippen LogP contribution in [0.4, 0.5) is 0 Å². The van der Waals surface area contributed by atoms with Crippen molar-refractivity contribution >= 4 is 71.3 Å². The van der Waals surface area contributed by atoms with Crippen LogP contribution in [0.5, 0.6) is 0 Å². The van der Waals surface area contributed by atoms with E-state index in [4.69, 9.17) is 13.8 Å². The quantitative estimate of drug-likeness (QED) is 0.215. The highest BCUT2D eigenvalue weighted by Gasteiger charge is 2.18. The molecule has 0 radical (unpaired) electrons. The highest BCUT2D eigenvalue weighted by molar-refractivity contribution is 6.14. The van der Waals surface area contributed by atoms with Crippen LogP contribution in [0, 0.1) is 0 Å². The largest absolute Gasteiger partial charge is 0.455 e. The molecule has 4 heteroatoms. The van der Waals surface area contributed by atoms with Crippen LogP contribution in [0.25, 0.3) is 93.6 Å². The first-order valence-electron chi connectivity index (χ1n) is 14.5. The van der Waals surface area contributed by atoms with E-state index in [9.17, 15) is 0 Å². The maximum Gasteiger partial charge on any atom is 0.145 e. The van der Waals surface area contributed by atoms with Crippen molar-refractivity contribution in [1.82, 2.24) is 9.38 Å². The van der Waals surface area contributed by atoms with E-state index in [0.29, 0.717) is 0 Å². The topological polar surface area (TPSA) is 43.6 Å². The molecule has 0 saturated heterocycles. The first-order valence-corrected chi connectivity index (χ1v) is 14.5. The van der Waals surface area contributed by atoms with Crippen molar-refractivity contribution in [3.05, 3.63) is 134 Å². The van der Waals surface area contributed by atoms with Crippen LogP contribution in [0.1, 0.15) is 0 Å². The molecule has 0 aliphatic rings. The first kappa shape index (κ1) is 22.8. The van der Waals surface area contributed by atoms with Crippen molar-refractivity contribution in [3.63, 3.8) is 0 Å². The molecule has 0 aliphatic carbocycles. The van der Waals surface area contributed by atoms with Gasteiger partial charge in [0, 0.05) is 49.8 Å². The molecule has 10 aromatic rings. The van der Waals surface area contributed by atoms with Crippen molar-refractivity contribution in [3.8, 4) is 22.3 Å². The third-order valence-electron chi connectivity index (χ3n) is 8.82. The molecule has 0 fully saturated rings. The fourth-order valence-corrected chi connectivity index (χ4v) is 6.84. The highest BCUT2D eigenvalue weighted by atomic mass is 16.3. The van der Waals surface area contributed by atoms with Gasteiger partial charge in [0.2, 0.25) is 0 Å². The van der Waals surface area contributed by atoms with Crippen LogP contribution in [-0.2, 0) is 0 Å². The van der Waals surface area contributed by atoms with Crippen molar-refractivity contribution in [2.75, 3.05) is 0 Å². The predicted molar refractivity (Wildman–Crippen MR) is 176 cm³/mol. The number of benzene rings is 6. The summed E-state index contributed by atoms with van der Waals surface area (Å²) >= 11 is 0. The van der Waals surface area contributed by atoms with Crippen LogP contribution < -0.4 is 0 Å². The molecule has 43 heavy (non-hydrogen) atoms. The van der Waals surface area contributed by atoms with Crippen LogP contribution in [0.15, 0.2) is 142 Å². The SMILES string of the molecule is c1ccc2c(c1)oc1c(-c3ccc4nc5c6ccccc6c(-c6cccc7c6oc6ccccc67)cn5c4c3)cccc12. The van der Waals surface area contributed by atoms with Gasteiger partial charge in [0.05, 0.1) is 11.0 Å². The lowest BCUT2D eigenvalue weighted by atomic mass is 9.98. The van der Waals surface area contributed by atoms with E-state index >= 15 is 0 Å². The standard InChI is InChI=1S/C39H22N2O2/c1-2-12-31-25(9-1)32(30-16-8-15-29-27-11-4-6-18-36(27)43-38(29)30)22-41-34-21-23(19-20-33(34)40-39(31)41)24-13-7-14-28-26-10-3-5-17-35(26)42-37(24)28/h1-22H. The smallest absolute Gasteiger partial charge is 0.145 e. The molecule has 4 aromatic heterocycles. The summed E-state index contributed by atoms with van der Waals surface area (Å²) in [6, 6.07) is 44.3. The van der Waals surface area contributed by atoms with Gasteiger partial charge in [0.1, 0.15) is 28.0 Å². The van der Waals surface area contributed by atoms with E-state index in [1.165, 1.54) is 0 Å². The molecular formula is C39H22N2O2. The first-order chi connectivity index (χ1) is 21.3. The summed E-state index contributed by atoms with van der Waals surface area (Å²) in [5, 5.41) is 6.75. The zero-order valence-electron chi connectivity index (χ0n) is 22.9. The van der Waals surface area contributed by atoms with Crippen molar-refractivity contribution in [2.24, 2.45) is 0 Å². The maximum absolute atomic E-state index is 6.48. The molecule has 0 amide bonds. The molecule has 4 nitrogen and oxygen atoms in total. The summed E-state index contributed by atoms with van der Waals surface area (Å²) in [5.74, 6) is 0. The third kappa shape index (κ3) is 3.12.